The Balaban J connectivity index is 1.75. The van der Waals surface area contributed by atoms with Gasteiger partial charge in [0, 0.05) is 37.2 Å². The molecule has 1 saturated carbocycles. The summed E-state index contributed by atoms with van der Waals surface area (Å²) >= 11 is 0. The number of carbonyl (C=O) groups excluding carboxylic acids is 2. The number of amides is 2. The second kappa shape index (κ2) is 5.82. The van der Waals surface area contributed by atoms with Crippen LogP contribution in [-0.2, 0) is 4.79 Å². The van der Waals surface area contributed by atoms with E-state index < -0.39 is 0 Å². The molecule has 3 fully saturated rings. The smallest absolute Gasteiger partial charge is 0.273 e. The van der Waals surface area contributed by atoms with E-state index in [1.54, 1.807) is 13.1 Å². The molecule has 2 amide bonds. The Hall–Kier alpha value is -1.91. The van der Waals surface area contributed by atoms with E-state index in [1.807, 2.05) is 24.0 Å². The lowest BCUT2D eigenvalue weighted by Gasteiger charge is -2.46. The van der Waals surface area contributed by atoms with E-state index in [-0.39, 0.29) is 35.4 Å². The lowest BCUT2D eigenvalue weighted by atomic mass is 9.71. The van der Waals surface area contributed by atoms with E-state index in [9.17, 15) is 9.59 Å². The number of fused-ring (bicyclic) bond motifs is 1. The first-order chi connectivity index (χ1) is 11.9. The van der Waals surface area contributed by atoms with Crippen LogP contribution >= 0.6 is 0 Å². The molecule has 2 bridgehead atoms. The molecule has 1 aromatic rings. The van der Waals surface area contributed by atoms with Gasteiger partial charge in [-0.15, -0.1) is 0 Å². The maximum atomic E-state index is 13.3. The largest absolute Gasteiger partial charge is 0.335 e. The number of likely N-dealkylation sites (tertiary alicyclic amines) is 2. The van der Waals surface area contributed by atoms with E-state index in [1.165, 1.54) is 0 Å². The van der Waals surface area contributed by atoms with Crippen molar-refractivity contribution in [1.29, 1.82) is 0 Å². The fourth-order valence-electron chi connectivity index (χ4n) is 5.71. The predicted molar refractivity (Wildman–Crippen MR) is 95.1 cm³/mol. The van der Waals surface area contributed by atoms with Crippen LogP contribution in [0, 0.1) is 12.3 Å². The number of rotatable bonds is 1. The molecule has 4 atom stereocenters. The maximum absolute atomic E-state index is 13.3. The van der Waals surface area contributed by atoms with E-state index in [2.05, 4.69) is 16.8 Å². The molecule has 5 heteroatoms. The minimum Gasteiger partial charge on any atom is -0.335 e. The summed E-state index contributed by atoms with van der Waals surface area (Å²) in [5.74, 6) is 0.188. The van der Waals surface area contributed by atoms with Gasteiger partial charge in [0.1, 0.15) is 5.69 Å². The van der Waals surface area contributed by atoms with Crippen LogP contribution in [0.25, 0.3) is 0 Å². The Kier molecular flexibility index (Phi) is 3.85. The second-order valence-corrected chi connectivity index (χ2v) is 8.23. The van der Waals surface area contributed by atoms with Gasteiger partial charge in [-0.3, -0.25) is 14.6 Å². The highest BCUT2D eigenvalue weighted by Gasteiger charge is 2.60. The van der Waals surface area contributed by atoms with Gasteiger partial charge in [-0.2, -0.15) is 0 Å². The Morgan fingerprint density at radius 2 is 1.96 bits per heavy atom. The van der Waals surface area contributed by atoms with E-state index >= 15 is 0 Å². The summed E-state index contributed by atoms with van der Waals surface area (Å²) in [5, 5.41) is 0. The normalized spacial score (nSPS) is 34.0. The van der Waals surface area contributed by atoms with Crippen LogP contribution < -0.4 is 0 Å². The summed E-state index contributed by atoms with van der Waals surface area (Å²) in [7, 11) is 0. The summed E-state index contributed by atoms with van der Waals surface area (Å²) in [5.41, 5.74) is 1.48. The van der Waals surface area contributed by atoms with Crippen LogP contribution in [0.1, 0.15) is 62.0 Å². The molecule has 2 aliphatic heterocycles. The van der Waals surface area contributed by atoms with Crippen molar-refractivity contribution in [1.82, 2.24) is 14.8 Å². The summed E-state index contributed by atoms with van der Waals surface area (Å²) in [6, 6.07) is 4.43. The first kappa shape index (κ1) is 16.6. The molecule has 0 spiro atoms. The predicted octanol–water partition coefficient (Wildman–Crippen LogP) is 2.78. The average Bonchev–Trinajstić information content (AvgIpc) is 2.69. The molecule has 0 radical (unpaired) electrons. The number of aromatic nitrogens is 1. The van der Waals surface area contributed by atoms with Gasteiger partial charge in [0.15, 0.2) is 0 Å². The molecule has 134 valence electrons. The van der Waals surface area contributed by atoms with Gasteiger partial charge in [0.2, 0.25) is 5.91 Å². The molecular weight excluding hydrogens is 314 g/mol. The van der Waals surface area contributed by atoms with Crippen LogP contribution in [-0.4, -0.2) is 51.3 Å². The molecule has 0 unspecified atom stereocenters. The number of carbonyl (C=O) groups is 2. The molecule has 3 heterocycles. The Morgan fingerprint density at radius 3 is 2.64 bits per heavy atom. The molecule has 2 saturated heterocycles. The number of hydrogen-bond acceptors (Lipinski definition) is 3. The zero-order valence-corrected chi connectivity index (χ0v) is 15.4. The molecule has 0 N–H and O–H groups in total. The van der Waals surface area contributed by atoms with Gasteiger partial charge in [0.05, 0.1) is 6.04 Å². The third kappa shape index (κ3) is 2.39. The fraction of sp³-hybridized carbons (Fsp3) is 0.650. The Morgan fingerprint density at radius 1 is 1.24 bits per heavy atom. The monoisotopic (exact) mass is 341 g/mol. The van der Waals surface area contributed by atoms with Gasteiger partial charge < -0.3 is 9.80 Å². The average molecular weight is 341 g/mol. The number of piperidine rings is 1. The number of nitrogens with zero attached hydrogens (tertiary/aromatic N) is 3. The standard InChI is InChI=1S/C20H27N3O2/c1-13-7-6-10-21-18(13)19(25)22-12-15-11-20(3)16(22)8-4-5-9-17(20)23(15)14(2)24/h6-7,10,15-17H,4-5,8-9,11-12H2,1-3H3/t15-,16+,17-,20+/m0/s1. The zero-order chi connectivity index (χ0) is 17.8. The molecule has 3 aliphatic rings. The molecule has 1 aliphatic carbocycles. The van der Waals surface area contributed by atoms with Crippen molar-refractivity contribution in [3.8, 4) is 0 Å². The van der Waals surface area contributed by atoms with Gasteiger partial charge in [-0.05, 0) is 37.8 Å². The lowest BCUT2D eigenvalue weighted by molar-refractivity contribution is -0.132. The highest BCUT2D eigenvalue weighted by atomic mass is 16.2. The van der Waals surface area contributed by atoms with Crippen LogP contribution in [0.4, 0.5) is 0 Å². The molecule has 1 aromatic heterocycles. The van der Waals surface area contributed by atoms with Crippen LogP contribution in [0.2, 0.25) is 0 Å². The summed E-state index contributed by atoms with van der Waals surface area (Å²) in [4.78, 5) is 34.2. The lowest BCUT2D eigenvalue weighted by Crippen LogP contribution is -2.56. The minimum absolute atomic E-state index is 0.00340. The quantitative estimate of drug-likeness (QED) is 0.789. The number of hydrogen-bond donors (Lipinski definition) is 0. The summed E-state index contributed by atoms with van der Waals surface area (Å²) in [6.45, 7) is 6.57. The number of pyridine rings is 1. The van der Waals surface area contributed by atoms with Crippen molar-refractivity contribution in [2.75, 3.05) is 6.54 Å². The van der Waals surface area contributed by atoms with Crippen molar-refractivity contribution < 1.29 is 9.59 Å². The number of aryl methyl sites for hydroxylation is 1. The van der Waals surface area contributed by atoms with E-state index in [0.29, 0.717) is 12.2 Å². The van der Waals surface area contributed by atoms with Gasteiger partial charge in [0.25, 0.3) is 5.91 Å². The third-order valence-electron chi connectivity index (χ3n) is 6.75. The Labute approximate surface area is 149 Å². The van der Waals surface area contributed by atoms with E-state index in [4.69, 9.17) is 0 Å². The SMILES string of the molecule is CC(=O)N1[C@@H]2CN(C(=O)c3ncccc3C)[C@@H]3CCCC[C@H]1[C@]3(C)C2. The van der Waals surface area contributed by atoms with Gasteiger partial charge in [-0.1, -0.05) is 25.8 Å². The molecule has 5 nitrogen and oxygen atoms in total. The van der Waals surface area contributed by atoms with Gasteiger partial charge >= 0.3 is 0 Å². The van der Waals surface area contributed by atoms with Crippen molar-refractivity contribution in [2.45, 2.75) is 71.0 Å². The van der Waals surface area contributed by atoms with Crippen molar-refractivity contribution in [3.63, 3.8) is 0 Å². The first-order valence-corrected chi connectivity index (χ1v) is 9.45. The zero-order valence-electron chi connectivity index (χ0n) is 15.4. The molecule has 0 aromatic carbocycles. The van der Waals surface area contributed by atoms with Crippen molar-refractivity contribution in [2.24, 2.45) is 5.41 Å². The molecule has 25 heavy (non-hydrogen) atoms. The third-order valence-corrected chi connectivity index (χ3v) is 6.75. The minimum atomic E-state index is 0.00340. The summed E-state index contributed by atoms with van der Waals surface area (Å²) in [6.07, 6.45) is 7.07. The first-order valence-electron chi connectivity index (χ1n) is 9.45. The molecular formula is C20H27N3O2. The highest BCUT2D eigenvalue weighted by molar-refractivity contribution is 5.94. The van der Waals surface area contributed by atoms with Crippen molar-refractivity contribution >= 4 is 11.8 Å². The van der Waals surface area contributed by atoms with E-state index in [0.717, 1.165) is 37.7 Å². The maximum Gasteiger partial charge on any atom is 0.273 e. The fourth-order valence-corrected chi connectivity index (χ4v) is 5.71. The van der Waals surface area contributed by atoms with Gasteiger partial charge in [-0.25, -0.2) is 0 Å². The second-order valence-electron chi connectivity index (χ2n) is 8.23. The Bertz CT molecular complexity index is 719. The topological polar surface area (TPSA) is 53.5 Å². The molecule has 4 rings (SSSR count). The highest BCUT2D eigenvalue weighted by Crippen LogP contribution is 2.53. The summed E-state index contributed by atoms with van der Waals surface area (Å²) < 4.78 is 0. The van der Waals surface area contributed by atoms with Crippen LogP contribution in [0.15, 0.2) is 18.3 Å². The van der Waals surface area contributed by atoms with Crippen LogP contribution in [0.3, 0.4) is 0 Å². The van der Waals surface area contributed by atoms with Crippen LogP contribution in [0.5, 0.6) is 0 Å². The van der Waals surface area contributed by atoms with Crippen molar-refractivity contribution in [3.05, 3.63) is 29.6 Å².